The number of nitrogens with zero attached hydrogens (tertiary/aromatic N) is 2. The van der Waals surface area contributed by atoms with Gasteiger partial charge in [-0.25, -0.2) is 8.42 Å². The van der Waals surface area contributed by atoms with Crippen LogP contribution in [-0.2, 0) is 34.2 Å². The molecule has 1 fully saturated rings. The number of fused-ring (bicyclic) bond motifs is 1. The zero-order chi connectivity index (χ0) is 23.5. The molecule has 3 aromatic rings. The van der Waals surface area contributed by atoms with Crippen LogP contribution in [0.25, 0.3) is 11.3 Å². The fourth-order valence-electron chi connectivity index (χ4n) is 4.93. The molecule has 178 valence electrons. The van der Waals surface area contributed by atoms with Gasteiger partial charge in [-0.15, -0.1) is 0 Å². The van der Waals surface area contributed by atoms with E-state index in [9.17, 15) is 13.2 Å². The van der Waals surface area contributed by atoms with E-state index in [1.54, 1.807) is 12.3 Å². The molecule has 7 nitrogen and oxygen atoms in total. The molecule has 0 atom stereocenters. The van der Waals surface area contributed by atoms with Crippen LogP contribution in [-0.4, -0.2) is 41.9 Å². The van der Waals surface area contributed by atoms with E-state index in [-0.39, 0.29) is 11.8 Å². The fourth-order valence-corrected chi connectivity index (χ4v) is 6.45. The summed E-state index contributed by atoms with van der Waals surface area (Å²) in [6.45, 7) is 1.20. The number of nitrogens with one attached hydrogen (secondary N) is 2. The Balaban J connectivity index is 1.14. The van der Waals surface area contributed by atoms with Gasteiger partial charge in [-0.2, -0.15) is 9.40 Å². The average Bonchev–Trinajstić information content (AvgIpc) is 3.42. The van der Waals surface area contributed by atoms with E-state index >= 15 is 0 Å². The summed E-state index contributed by atoms with van der Waals surface area (Å²) in [6, 6.07) is 15.5. The lowest BCUT2D eigenvalue weighted by Crippen LogP contribution is -2.42. The first kappa shape index (κ1) is 22.8. The molecule has 0 unspecified atom stereocenters. The number of rotatable bonds is 6. The molecule has 8 heteroatoms. The third-order valence-electron chi connectivity index (χ3n) is 7.01. The summed E-state index contributed by atoms with van der Waals surface area (Å²) in [5.41, 5.74) is 5.45. The van der Waals surface area contributed by atoms with Crippen LogP contribution in [0, 0.1) is 5.92 Å². The SMILES string of the molecule is O=C(NCc1ccc(-c2ccn[nH]2)cc1)C1CCN(S(=O)(=O)c2ccc3c(c2)CCCC3)CC1. The molecule has 5 rings (SSSR count). The summed E-state index contributed by atoms with van der Waals surface area (Å²) in [5, 5.41) is 9.92. The van der Waals surface area contributed by atoms with E-state index in [0.717, 1.165) is 36.1 Å². The van der Waals surface area contributed by atoms with E-state index in [1.165, 1.54) is 21.9 Å². The molecule has 1 aliphatic carbocycles. The molecule has 34 heavy (non-hydrogen) atoms. The lowest BCUT2D eigenvalue weighted by molar-refractivity contribution is -0.126. The topological polar surface area (TPSA) is 95.2 Å². The second-order valence-corrected chi connectivity index (χ2v) is 11.1. The highest BCUT2D eigenvalue weighted by Gasteiger charge is 2.32. The molecule has 2 aliphatic rings. The number of hydrogen-bond acceptors (Lipinski definition) is 4. The van der Waals surface area contributed by atoms with Crippen LogP contribution < -0.4 is 5.32 Å². The van der Waals surface area contributed by atoms with Gasteiger partial charge in [0.2, 0.25) is 15.9 Å². The van der Waals surface area contributed by atoms with Gasteiger partial charge in [0.25, 0.3) is 0 Å². The molecule has 0 bridgehead atoms. The standard InChI is InChI=1S/C26H30N4O3S/c31-26(27-18-19-5-7-21(8-6-19)25-11-14-28-29-25)22-12-15-30(16-13-22)34(32,33)24-10-9-20-3-1-2-4-23(20)17-24/h5-11,14,17,22H,1-4,12-13,15-16,18H2,(H,27,31)(H,28,29). The van der Waals surface area contributed by atoms with Crippen molar-refractivity contribution in [3.63, 3.8) is 0 Å². The molecular weight excluding hydrogens is 448 g/mol. The number of aromatic nitrogens is 2. The number of H-pyrrole nitrogens is 1. The average molecular weight is 479 g/mol. The van der Waals surface area contributed by atoms with Gasteiger partial charge in [0, 0.05) is 31.7 Å². The smallest absolute Gasteiger partial charge is 0.243 e. The monoisotopic (exact) mass is 478 g/mol. The van der Waals surface area contributed by atoms with Gasteiger partial charge < -0.3 is 5.32 Å². The van der Waals surface area contributed by atoms with Crippen molar-refractivity contribution >= 4 is 15.9 Å². The molecule has 0 spiro atoms. The predicted octanol–water partition coefficient (Wildman–Crippen LogP) is 3.67. The van der Waals surface area contributed by atoms with E-state index in [4.69, 9.17) is 0 Å². The van der Waals surface area contributed by atoms with Gasteiger partial charge in [0.05, 0.1) is 10.6 Å². The molecule has 1 amide bonds. The maximum Gasteiger partial charge on any atom is 0.243 e. The van der Waals surface area contributed by atoms with Crippen LogP contribution in [0.4, 0.5) is 0 Å². The maximum atomic E-state index is 13.2. The lowest BCUT2D eigenvalue weighted by Gasteiger charge is -2.31. The maximum absolute atomic E-state index is 13.2. The molecule has 0 radical (unpaired) electrons. The van der Waals surface area contributed by atoms with Crippen LogP contribution >= 0.6 is 0 Å². The highest BCUT2D eigenvalue weighted by atomic mass is 32.2. The van der Waals surface area contributed by atoms with Crippen molar-refractivity contribution in [1.82, 2.24) is 19.8 Å². The highest BCUT2D eigenvalue weighted by Crippen LogP contribution is 2.28. The Morgan fingerprint density at radius 3 is 2.44 bits per heavy atom. The van der Waals surface area contributed by atoms with E-state index < -0.39 is 10.0 Å². The largest absolute Gasteiger partial charge is 0.352 e. The Bertz CT molecular complexity index is 1250. The number of benzene rings is 2. The molecule has 2 N–H and O–H groups in total. The zero-order valence-electron chi connectivity index (χ0n) is 19.2. The van der Waals surface area contributed by atoms with Gasteiger partial charge >= 0.3 is 0 Å². The molecule has 0 saturated carbocycles. The Morgan fingerprint density at radius 2 is 1.74 bits per heavy atom. The summed E-state index contributed by atoms with van der Waals surface area (Å²) < 4.78 is 27.9. The van der Waals surface area contributed by atoms with Crippen LogP contribution in [0.2, 0.25) is 0 Å². The van der Waals surface area contributed by atoms with Gasteiger partial charge in [-0.05, 0) is 79.0 Å². The van der Waals surface area contributed by atoms with Crippen molar-refractivity contribution in [2.24, 2.45) is 5.92 Å². The van der Waals surface area contributed by atoms with Crippen LogP contribution in [0.5, 0.6) is 0 Å². The third kappa shape index (κ3) is 4.79. The second kappa shape index (κ2) is 9.72. The molecule has 2 heterocycles. The minimum atomic E-state index is -3.53. The molecule has 2 aromatic carbocycles. The molecular formula is C26H30N4O3S. The van der Waals surface area contributed by atoms with Crippen molar-refractivity contribution in [3.05, 3.63) is 71.4 Å². The predicted molar refractivity (Wildman–Crippen MR) is 130 cm³/mol. The van der Waals surface area contributed by atoms with Crippen LogP contribution in [0.15, 0.2) is 59.6 Å². The summed E-state index contributed by atoms with van der Waals surface area (Å²) in [4.78, 5) is 13.1. The number of sulfonamides is 1. The quantitative estimate of drug-likeness (QED) is 0.565. The lowest BCUT2D eigenvalue weighted by atomic mass is 9.92. The summed E-state index contributed by atoms with van der Waals surface area (Å²) in [7, 11) is -3.53. The molecule has 1 aliphatic heterocycles. The van der Waals surface area contributed by atoms with Crippen molar-refractivity contribution in [1.29, 1.82) is 0 Å². The normalized spacial score (nSPS) is 17.3. The number of hydrogen-bond donors (Lipinski definition) is 2. The van der Waals surface area contributed by atoms with Crippen LogP contribution in [0.3, 0.4) is 0 Å². The highest BCUT2D eigenvalue weighted by molar-refractivity contribution is 7.89. The summed E-state index contributed by atoms with van der Waals surface area (Å²) in [6.07, 6.45) is 7.06. The number of aryl methyl sites for hydroxylation is 2. The number of aromatic amines is 1. The molecule has 1 aromatic heterocycles. The van der Waals surface area contributed by atoms with Gasteiger partial charge in [0.15, 0.2) is 0 Å². The van der Waals surface area contributed by atoms with Crippen molar-refractivity contribution in [2.45, 2.75) is 50.0 Å². The third-order valence-corrected chi connectivity index (χ3v) is 8.91. The Kier molecular flexibility index (Phi) is 6.52. The minimum Gasteiger partial charge on any atom is -0.352 e. The van der Waals surface area contributed by atoms with Crippen molar-refractivity contribution in [3.8, 4) is 11.3 Å². The van der Waals surface area contributed by atoms with E-state index in [2.05, 4.69) is 15.5 Å². The van der Waals surface area contributed by atoms with E-state index in [1.807, 2.05) is 42.5 Å². The van der Waals surface area contributed by atoms with Gasteiger partial charge in [-0.1, -0.05) is 30.3 Å². The number of piperidine rings is 1. The summed E-state index contributed by atoms with van der Waals surface area (Å²) >= 11 is 0. The zero-order valence-corrected chi connectivity index (χ0v) is 20.0. The first-order valence-electron chi connectivity index (χ1n) is 12.0. The minimum absolute atomic E-state index is 0.0107. The van der Waals surface area contributed by atoms with E-state index in [0.29, 0.717) is 37.4 Å². The van der Waals surface area contributed by atoms with Crippen molar-refractivity contribution in [2.75, 3.05) is 13.1 Å². The Morgan fingerprint density at radius 1 is 1.00 bits per heavy atom. The Hall–Kier alpha value is -2.97. The first-order chi connectivity index (χ1) is 16.5. The Labute approximate surface area is 200 Å². The van der Waals surface area contributed by atoms with Gasteiger partial charge in [-0.3, -0.25) is 9.89 Å². The van der Waals surface area contributed by atoms with Gasteiger partial charge in [0.1, 0.15) is 0 Å². The number of amides is 1. The van der Waals surface area contributed by atoms with Crippen molar-refractivity contribution < 1.29 is 13.2 Å². The molecule has 1 saturated heterocycles. The second-order valence-electron chi connectivity index (χ2n) is 9.20. The number of carbonyl (C=O) groups is 1. The fraction of sp³-hybridized carbons (Fsp3) is 0.385. The summed E-state index contributed by atoms with van der Waals surface area (Å²) in [5.74, 6) is -0.178. The first-order valence-corrected chi connectivity index (χ1v) is 13.4. The number of carbonyl (C=O) groups excluding carboxylic acids is 1. The van der Waals surface area contributed by atoms with Crippen LogP contribution in [0.1, 0.15) is 42.4 Å².